The summed E-state index contributed by atoms with van der Waals surface area (Å²) in [4.78, 5) is 22.6. The number of aromatic nitrogens is 2. The summed E-state index contributed by atoms with van der Waals surface area (Å²) < 4.78 is 0. The summed E-state index contributed by atoms with van der Waals surface area (Å²) in [6.07, 6.45) is 1.75. The van der Waals surface area contributed by atoms with Gasteiger partial charge in [-0.25, -0.2) is 9.97 Å². The van der Waals surface area contributed by atoms with Crippen molar-refractivity contribution in [3.8, 4) is 6.07 Å². The van der Waals surface area contributed by atoms with Crippen LogP contribution in [0.2, 0.25) is 0 Å². The third-order valence-corrected chi connectivity index (χ3v) is 3.48. The topological polar surface area (TPSA) is 108 Å². The molecular weight excluding hydrogens is 268 g/mol. The number of nitrogens with two attached hydrogens (primary N) is 1. The van der Waals surface area contributed by atoms with Gasteiger partial charge in [0.25, 0.3) is 0 Å². The molecule has 1 saturated heterocycles. The average molecular weight is 288 g/mol. The van der Waals surface area contributed by atoms with Gasteiger partial charge < -0.3 is 16.0 Å². The summed E-state index contributed by atoms with van der Waals surface area (Å²) >= 11 is 0. The van der Waals surface area contributed by atoms with Gasteiger partial charge in [-0.1, -0.05) is 0 Å². The lowest BCUT2D eigenvalue weighted by molar-refractivity contribution is -0.125. The molecule has 2 rings (SSSR count). The number of nitriles is 1. The Balaban J connectivity index is 2.09. The normalized spacial score (nSPS) is 18.1. The fourth-order valence-corrected chi connectivity index (χ4v) is 2.46. The third-order valence-electron chi connectivity index (χ3n) is 3.48. The van der Waals surface area contributed by atoms with E-state index in [4.69, 9.17) is 11.0 Å². The van der Waals surface area contributed by atoms with Crippen LogP contribution in [0.5, 0.6) is 0 Å². The maximum atomic E-state index is 12.0. The number of aryl methyl sites for hydroxylation is 1. The predicted octanol–water partition coefficient (Wildman–Crippen LogP) is -0.0520. The molecule has 1 aromatic heterocycles. The largest absolute Gasteiger partial charge is 0.355 e. The Morgan fingerprint density at radius 2 is 2.43 bits per heavy atom. The van der Waals surface area contributed by atoms with Crippen molar-refractivity contribution < 1.29 is 4.79 Å². The molecule has 7 nitrogen and oxygen atoms in total. The van der Waals surface area contributed by atoms with Crippen molar-refractivity contribution in [2.75, 3.05) is 31.1 Å². The lowest BCUT2D eigenvalue weighted by Gasteiger charge is -2.32. The van der Waals surface area contributed by atoms with Gasteiger partial charge in [0.15, 0.2) is 0 Å². The molecule has 2 heterocycles. The lowest BCUT2D eigenvalue weighted by atomic mass is 9.97. The highest BCUT2D eigenvalue weighted by Gasteiger charge is 2.27. The van der Waals surface area contributed by atoms with Crippen LogP contribution in [0, 0.1) is 24.2 Å². The number of carbonyl (C=O) groups is 1. The van der Waals surface area contributed by atoms with E-state index in [1.54, 1.807) is 6.07 Å². The highest BCUT2D eigenvalue weighted by molar-refractivity contribution is 5.79. The Kier molecular flexibility index (Phi) is 5.06. The van der Waals surface area contributed by atoms with E-state index in [2.05, 4.69) is 15.3 Å². The zero-order chi connectivity index (χ0) is 15.2. The van der Waals surface area contributed by atoms with Crippen LogP contribution in [0.15, 0.2) is 6.07 Å². The molecule has 0 radical (unpaired) electrons. The van der Waals surface area contributed by atoms with Gasteiger partial charge in [0.05, 0.1) is 5.92 Å². The first kappa shape index (κ1) is 15.2. The minimum atomic E-state index is -0.0834. The summed E-state index contributed by atoms with van der Waals surface area (Å²) in [7, 11) is 0. The Morgan fingerprint density at radius 1 is 1.62 bits per heavy atom. The number of carbonyl (C=O) groups excluding carboxylic acids is 1. The van der Waals surface area contributed by atoms with E-state index >= 15 is 0 Å². The zero-order valence-electron chi connectivity index (χ0n) is 12.2. The molecule has 1 amide bonds. The molecular formula is C14H20N6O. The second-order valence-corrected chi connectivity index (χ2v) is 5.17. The van der Waals surface area contributed by atoms with Crippen LogP contribution in [0.3, 0.4) is 0 Å². The highest BCUT2D eigenvalue weighted by atomic mass is 16.1. The standard InChI is InChI=1S/C14H20N6O/c1-10-7-12(8-16)19-14(18-10)20-6-2-3-11(9-20)13(21)17-5-4-15/h7,11H,2-6,9,15H2,1H3,(H,17,21). The van der Waals surface area contributed by atoms with E-state index in [9.17, 15) is 4.79 Å². The molecule has 1 fully saturated rings. The summed E-state index contributed by atoms with van der Waals surface area (Å²) in [5.41, 5.74) is 6.51. The molecule has 1 aliphatic heterocycles. The number of nitrogens with zero attached hydrogens (tertiary/aromatic N) is 4. The second-order valence-electron chi connectivity index (χ2n) is 5.17. The number of anilines is 1. The number of piperidine rings is 1. The molecule has 0 bridgehead atoms. The van der Waals surface area contributed by atoms with Crippen LogP contribution < -0.4 is 16.0 Å². The quantitative estimate of drug-likeness (QED) is 0.804. The molecule has 1 atom stereocenters. The van der Waals surface area contributed by atoms with Gasteiger partial charge >= 0.3 is 0 Å². The van der Waals surface area contributed by atoms with Crippen LogP contribution in [0.25, 0.3) is 0 Å². The van der Waals surface area contributed by atoms with E-state index in [0.29, 0.717) is 31.3 Å². The summed E-state index contributed by atoms with van der Waals surface area (Å²) in [6, 6.07) is 3.69. The summed E-state index contributed by atoms with van der Waals surface area (Å²) in [5.74, 6) is 0.473. The van der Waals surface area contributed by atoms with Crippen LogP contribution in [-0.2, 0) is 4.79 Å². The van der Waals surface area contributed by atoms with Gasteiger partial charge in [-0.3, -0.25) is 4.79 Å². The van der Waals surface area contributed by atoms with Crippen LogP contribution in [0.4, 0.5) is 5.95 Å². The Hall–Kier alpha value is -2.20. The molecule has 112 valence electrons. The molecule has 21 heavy (non-hydrogen) atoms. The number of hydrogen-bond acceptors (Lipinski definition) is 6. The molecule has 0 aliphatic carbocycles. The van der Waals surface area contributed by atoms with Crippen molar-refractivity contribution >= 4 is 11.9 Å². The van der Waals surface area contributed by atoms with E-state index in [0.717, 1.165) is 25.1 Å². The van der Waals surface area contributed by atoms with Gasteiger partial charge in [0.1, 0.15) is 11.8 Å². The molecule has 1 unspecified atom stereocenters. The molecule has 3 N–H and O–H groups in total. The van der Waals surface area contributed by atoms with Crippen molar-refractivity contribution in [2.45, 2.75) is 19.8 Å². The van der Waals surface area contributed by atoms with Crippen molar-refractivity contribution in [1.82, 2.24) is 15.3 Å². The molecule has 1 aromatic rings. The first-order chi connectivity index (χ1) is 10.1. The smallest absolute Gasteiger partial charge is 0.226 e. The Bertz CT molecular complexity index is 553. The molecule has 0 spiro atoms. The van der Waals surface area contributed by atoms with E-state index < -0.39 is 0 Å². The zero-order valence-corrected chi connectivity index (χ0v) is 12.2. The van der Waals surface area contributed by atoms with Gasteiger partial charge in [-0.05, 0) is 25.8 Å². The number of rotatable bonds is 4. The number of amides is 1. The predicted molar refractivity (Wildman–Crippen MR) is 78.5 cm³/mol. The monoisotopic (exact) mass is 288 g/mol. The fraction of sp³-hybridized carbons (Fsp3) is 0.571. The minimum Gasteiger partial charge on any atom is -0.355 e. The van der Waals surface area contributed by atoms with E-state index in [1.165, 1.54) is 0 Å². The SMILES string of the molecule is Cc1cc(C#N)nc(N2CCCC(C(=O)NCCN)C2)n1. The lowest BCUT2D eigenvalue weighted by Crippen LogP contribution is -2.44. The van der Waals surface area contributed by atoms with Gasteiger partial charge in [0.2, 0.25) is 11.9 Å². The van der Waals surface area contributed by atoms with Crippen LogP contribution >= 0.6 is 0 Å². The fourth-order valence-electron chi connectivity index (χ4n) is 2.46. The Labute approximate surface area is 124 Å². The summed E-state index contributed by atoms with van der Waals surface area (Å²) in [6.45, 7) is 4.14. The minimum absolute atomic E-state index is 0.0262. The van der Waals surface area contributed by atoms with Gasteiger partial charge in [-0.2, -0.15) is 5.26 Å². The van der Waals surface area contributed by atoms with E-state index in [1.807, 2.05) is 17.9 Å². The second kappa shape index (κ2) is 6.99. The van der Waals surface area contributed by atoms with Crippen molar-refractivity contribution in [2.24, 2.45) is 11.7 Å². The molecule has 1 aliphatic rings. The average Bonchev–Trinajstić information content (AvgIpc) is 2.52. The third kappa shape index (κ3) is 3.89. The summed E-state index contributed by atoms with van der Waals surface area (Å²) in [5, 5.41) is 11.8. The highest BCUT2D eigenvalue weighted by Crippen LogP contribution is 2.21. The molecule has 0 aromatic carbocycles. The van der Waals surface area contributed by atoms with E-state index in [-0.39, 0.29) is 11.8 Å². The first-order valence-corrected chi connectivity index (χ1v) is 7.12. The Morgan fingerprint density at radius 3 is 3.14 bits per heavy atom. The first-order valence-electron chi connectivity index (χ1n) is 7.12. The van der Waals surface area contributed by atoms with Crippen molar-refractivity contribution in [3.63, 3.8) is 0 Å². The number of hydrogen-bond donors (Lipinski definition) is 2. The van der Waals surface area contributed by atoms with Crippen LogP contribution in [-0.4, -0.2) is 42.1 Å². The van der Waals surface area contributed by atoms with Gasteiger partial charge in [-0.15, -0.1) is 0 Å². The van der Waals surface area contributed by atoms with Gasteiger partial charge in [0, 0.05) is 31.9 Å². The number of nitrogens with one attached hydrogen (secondary N) is 1. The molecule has 7 heteroatoms. The molecule has 0 saturated carbocycles. The van der Waals surface area contributed by atoms with Crippen molar-refractivity contribution in [3.05, 3.63) is 17.5 Å². The maximum absolute atomic E-state index is 12.0. The maximum Gasteiger partial charge on any atom is 0.226 e. The van der Waals surface area contributed by atoms with Crippen LogP contribution in [0.1, 0.15) is 24.2 Å². The van der Waals surface area contributed by atoms with Crippen molar-refractivity contribution in [1.29, 1.82) is 5.26 Å².